The number of carbonyl (C=O) groups is 1. The van der Waals surface area contributed by atoms with Gasteiger partial charge in [-0.2, -0.15) is 0 Å². The van der Waals surface area contributed by atoms with Crippen LogP contribution in [0.25, 0.3) is 5.69 Å². The highest BCUT2D eigenvalue weighted by Crippen LogP contribution is 2.17. The highest BCUT2D eigenvalue weighted by molar-refractivity contribution is 5.97. The molecule has 1 aromatic heterocycles. The summed E-state index contributed by atoms with van der Waals surface area (Å²) in [6, 6.07) is 8.12. The van der Waals surface area contributed by atoms with E-state index in [1.54, 1.807) is 6.33 Å². The van der Waals surface area contributed by atoms with Crippen LogP contribution >= 0.6 is 0 Å². The lowest BCUT2D eigenvalue weighted by atomic mass is 10.0. The number of rotatable bonds is 6. The number of hydrogen-bond acceptors (Lipinski definition) is 4. The number of nitrogens with zero attached hydrogens (tertiary/aromatic N) is 4. The van der Waals surface area contributed by atoms with Crippen LogP contribution in [0.4, 0.5) is 0 Å². The third-order valence-corrected chi connectivity index (χ3v) is 4.96. The molecule has 1 atom stereocenters. The predicted octanol–water partition coefficient (Wildman–Crippen LogP) is 2.15. The zero-order valence-electron chi connectivity index (χ0n) is 16.0. The Morgan fingerprint density at radius 2 is 2.12 bits per heavy atom. The van der Waals surface area contributed by atoms with Crippen molar-refractivity contribution in [2.45, 2.75) is 31.8 Å². The first kappa shape index (κ1) is 18.6. The normalized spacial score (nSPS) is 18.2. The number of benzene rings is 1. The van der Waals surface area contributed by atoms with Gasteiger partial charge in [-0.1, -0.05) is 18.6 Å². The van der Waals surface area contributed by atoms with Crippen LogP contribution in [0.1, 0.15) is 35.3 Å². The third-order valence-electron chi connectivity index (χ3n) is 4.96. The van der Waals surface area contributed by atoms with E-state index in [1.165, 1.54) is 12.8 Å². The number of likely N-dealkylation sites (tertiary alicyclic amines) is 1. The quantitative estimate of drug-likeness (QED) is 0.863. The van der Waals surface area contributed by atoms with E-state index in [0.717, 1.165) is 30.9 Å². The zero-order chi connectivity index (χ0) is 18.5. The lowest BCUT2D eigenvalue weighted by Crippen LogP contribution is -2.44. The second kappa shape index (κ2) is 8.47. The van der Waals surface area contributed by atoms with Gasteiger partial charge in [-0.3, -0.25) is 4.79 Å². The molecule has 0 spiro atoms. The van der Waals surface area contributed by atoms with Crippen LogP contribution in [0.15, 0.2) is 36.8 Å². The van der Waals surface area contributed by atoms with E-state index in [-0.39, 0.29) is 5.91 Å². The number of nitrogens with one attached hydrogen (secondary N) is 1. The maximum absolute atomic E-state index is 12.8. The van der Waals surface area contributed by atoms with Crippen molar-refractivity contribution < 1.29 is 4.79 Å². The molecule has 1 aliphatic rings. The van der Waals surface area contributed by atoms with Crippen LogP contribution in [0.2, 0.25) is 0 Å². The number of likely N-dealkylation sites (N-methyl/N-ethyl adjacent to an activating group) is 1. The number of carbonyl (C=O) groups excluding carboxylic acids is 1. The van der Waals surface area contributed by atoms with Gasteiger partial charge in [-0.05, 0) is 52.7 Å². The van der Waals surface area contributed by atoms with E-state index in [0.29, 0.717) is 18.2 Å². The number of piperidine rings is 1. The molecule has 0 bridgehead atoms. The summed E-state index contributed by atoms with van der Waals surface area (Å²) in [6.45, 7) is 2.58. The van der Waals surface area contributed by atoms with E-state index in [2.05, 4.69) is 27.1 Å². The zero-order valence-corrected chi connectivity index (χ0v) is 16.0. The van der Waals surface area contributed by atoms with E-state index < -0.39 is 0 Å². The van der Waals surface area contributed by atoms with Crippen molar-refractivity contribution in [3.8, 4) is 5.69 Å². The number of aromatic nitrogens is 2. The Hall–Kier alpha value is -2.18. The minimum Gasteiger partial charge on any atom is -0.350 e. The number of hydrogen-bond donors (Lipinski definition) is 1. The van der Waals surface area contributed by atoms with Gasteiger partial charge < -0.3 is 19.7 Å². The minimum atomic E-state index is -0.0255. The van der Waals surface area contributed by atoms with Crippen molar-refractivity contribution in [2.75, 3.05) is 34.2 Å². The van der Waals surface area contributed by atoms with Gasteiger partial charge in [0.15, 0.2) is 0 Å². The van der Waals surface area contributed by atoms with Gasteiger partial charge in [0.25, 0.3) is 5.91 Å². The molecule has 1 saturated heterocycles. The van der Waals surface area contributed by atoms with Crippen LogP contribution in [0.5, 0.6) is 0 Å². The average molecular weight is 355 g/mol. The number of para-hydroxylation sites is 1. The second-order valence-electron chi connectivity index (χ2n) is 7.37. The summed E-state index contributed by atoms with van der Waals surface area (Å²) in [7, 11) is 6.17. The Morgan fingerprint density at radius 3 is 2.88 bits per heavy atom. The van der Waals surface area contributed by atoms with Crippen molar-refractivity contribution in [1.82, 2.24) is 24.7 Å². The van der Waals surface area contributed by atoms with Crippen LogP contribution in [0.3, 0.4) is 0 Å². The summed E-state index contributed by atoms with van der Waals surface area (Å²) in [4.78, 5) is 21.7. The van der Waals surface area contributed by atoms with Crippen molar-refractivity contribution >= 4 is 5.91 Å². The molecule has 140 valence electrons. The Labute approximate surface area is 155 Å². The fourth-order valence-electron chi connectivity index (χ4n) is 3.50. The molecule has 26 heavy (non-hydrogen) atoms. The van der Waals surface area contributed by atoms with Crippen molar-refractivity contribution in [3.63, 3.8) is 0 Å². The van der Waals surface area contributed by atoms with Gasteiger partial charge in [0, 0.05) is 25.3 Å². The van der Waals surface area contributed by atoms with E-state index in [4.69, 9.17) is 0 Å². The van der Waals surface area contributed by atoms with Gasteiger partial charge in [0.1, 0.15) is 0 Å². The highest BCUT2D eigenvalue weighted by Gasteiger charge is 2.20. The molecule has 1 fully saturated rings. The molecule has 1 amide bonds. The smallest absolute Gasteiger partial charge is 0.253 e. The summed E-state index contributed by atoms with van der Waals surface area (Å²) in [5.41, 5.74) is 2.52. The first-order chi connectivity index (χ1) is 12.5. The Morgan fingerprint density at radius 1 is 1.31 bits per heavy atom. The summed E-state index contributed by atoms with van der Waals surface area (Å²) in [5.74, 6) is -0.0255. The second-order valence-corrected chi connectivity index (χ2v) is 7.37. The lowest BCUT2D eigenvalue weighted by molar-refractivity contribution is 0.0928. The first-order valence-electron chi connectivity index (χ1n) is 9.30. The van der Waals surface area contributed by atoms with Crippen LogP contribution in [-0.2, 0) is 6.54 Å². The molecule has 3 rings (SSSR count). The van der Waals surface area contributed by atoms with Gasteiger partial charge in [-0.15, -0.1) is 0 Å². The monoisotopic (exact) mass is 355 g/mol. The minimum absolute atomic E-state index is 0.0255. The molecular weight excluding hydrogens is 326 g/mol. The molecule has 1 unspecified atom stereocenters. The molecule has 1 aromatic carbocycles. The molecule has 0 radical (unpaired) electrons. The Kier molecular flexibility index (Phi) is 6.06. The van der Waals surface area contributed by atoms with Crippen molar-refractivity contribution in [2.24, 2.45) is 0 Å². The van der Waals surface area contributed by atoms with Crippen molar-refractivity contribution in [3.05, 3.63) is 48.0 Å². The molecule has 1 aliphatic heterocycles. The SMILES string of the molecule is CN(C)Cc1cn(-c2ccccc2C(=O)NCC2CCCCN2C)cn1. The summed E-state index contributed by atoms with van der Waals surface area (Å²) in [5, 5.41) is 3.13. The maximum Gasteiger partial charge on any atom is 0.253 e. The van der Waals surface area contributed by atoms with Gasteiger partial charge in [0.2, 0.25) is 0 Å². The van der Waals surface area contributed by atoms with Gasteiger partial charge in [-0.25, -0.2) is 4.98 Å². The standard InChI is InChI=1S/C20H29N5O/c1-23(2)13-16-14-25(15-22-16)19-10-5-4-9-18(19)20(26)21-12-17-8-6-7-11-24(17)3/h4-5,9-10,14-15,17H,6-8,11-13H2,1-3H3,(H,21,26). The summed E-state index contributed by atoms with van der Waals surface area (Å²) >= 11 is 0. The van der Waals surface area contributed by atoms with Gasteiger partial charge in [0.05, 0.1) is 23.3 Å². The Balaban J connectivity index is 1.72. The van der Waals surface area contributed by atoms with Gasteiger partial charge >= 0.3 is 0 Å². The fraction of sp³-hybridized carbons (Fsp3) is 0.500. The maximum atomic E-state index is 12.8. The summed E-state index contributed by atoms with van der Waals surface area (Å²) in [6.07, 6.45) is 7.40. The lowest BCUT2D eigenvalue weighted by Gasteiger charge is -2.32. The molecule has 0 saturated carbocycles. The van der Waals surface area contributed by atoms with Crippen LogP contribution in [-0.4, -0.2) is 65.5 Å². The average Bonchev–Trinajstić information content (AvgIpc) is 3.08. The highest BCUT2D eigenvalue weighted by atomic mass is 16.1. The van der Waals surface area contributed by atoms with E-state index >= 15 is 0 Å². The molecule has 6 nitrogen and oxygen atoms in total. The molecule has 2 aromatic rings. The summed E-state index contributed by atoms with van der Waals surface area (Å²) < 4.78 is 1.93. The molecule has 2 heterocycles. The topological polar surface area (TPSA) is 53.4 Å². The van der Waals surface area contributed by atoms with Crippen LogP contribution < -0.4 is 5.32 Å². The third kappa shape index (κ3) is 4.51. The predicted molar refractivity (Wildman–Crippen MR) is 104 cm³/mol. The molecule has 6 heteroatoms. The van der Waals surface area contributed by atoms with E-state index in [1.807, 2.05) is 49.1 Å². The molecule has 0 aliphatic carbocycles. The van der Waals surface area contributed by atoms with Crippen molar-refractivity contribution in [1.29, 1.82) is 0 Å². The molecule has 1 N–H and O–H groups in total. The molecular formula is C20H29N5O. The van der Waals surface area contributed by atoms with Crippen LogP contribution in [0, 0.1) is 0 Å². The Bertz CT molecular complexity index is 739. The number of amides is 1. The fourth-order valence-corrected chi connectivity index (χ4v) is 3.50. The van der Waals surface area contributed by atoms with E-state index in [9.17, 15) is 4.79 Å². The largest absolute Gasteiger partial charge is 0.350 e. The number of imidazole rings is 1. The first-order valence-corrected chi connectivity index (χ1v) is 9.30.